The van der Waals surface area contributed by atoms with Crippen molar-refractivity contribution >= 4 is 34.4 Å². The number of ether oxygens (including phenoxy) is 1. The Hall–Kier alpha value is -2.47. The fraction of sp³-hybridized carbons (Fsp3) is 0.0952. The third-order valence-electron chi connectivity index (χ3n) is 4.29. The Kier molecular flexibility index (Phi) is 5.07. The fourth-order valence-corrected chi connectivity index (χ4v) is 4.07. The molecule has 1 unspecified atom stereocenters. The molecule has 0 spiro atoms. The Balaban J connectivity index is 1.77. The Bertz CT molecular complexity index is 1060. The van der Waals surface area contributed by atoms with E-state index < -0.39 is 6.10 Å². The lowest BCUT2D eigenvalue weighted by atomic mass is 10.1. The summed E-state index contributed by atoms with van der Waals surface area (Å²) in [6.45, 7) is 0. The van der Waals surface area contributed by atoms with Crippen LogP contribution in [0.4, 0.5) is 0 Å². The van der Waals surface area contributed by atoms with Crippen LogP contribution in [-0.4, -0.2) is 22.2 Å². The molecule has 4 aromatic rings. The molecule has 0 saturated carbocycles. The van der Waals surface area contributed by atoms with Crippen molar-refractivity contribution in [2.75, 3.05) is 7.11 Å². The molecule has 2 aromatic heterocycles. The van der Waals surface area contributed by atoms with Gasteiger partial charge in [-0.15, -0.1) is 0 Å². The van der Waals surface area contributed by atoms with E-state index in [1.807, 2.05) is 60.7 Å². The number of aliphatic hydroxyl groups is 1. The Morgan fingerprint density at radius 1 is 1.07 bits per heavy atom. The first-order valence-electron chi connectivity index (χ1n) is 8.38. The summed E-state index contributed by atoms with van der Waals surface area (Å²) in [5.41, 5.74) is 2.24. The predicted octanol–water partition coefficient (Wildman–Crippen LogP) is 5.46. The minimum Gasteiger partial charge on any atom is -0.497 e. The van der Waals surface area contributed by atoms with Gasteiger partial charge < -0.3 is 14.8 Å². The minimum absolute atomic E-state index is 0.693. The number of hydrogen-bond donors (Lipinski definition) is 2. The van der Waals surface area contributed by atoms with E-state index in [0.29, 0.717) is 10.7 Å². The number of hydrogen-bond acceptors (Lipinski definition) is 4. The molecule has 136 valence electrons. The maximum Gasteiger partial charge on any atom is 0.138 e. The van der Waals surface area contributed by atoms with Crippen molar-refractivity contribution in [3.63, 3.8) is 0 Å². The zero-order valence-corrected chi connectivity index (χ0v) is 16.1. The highest BCUT2D eigenvalue weighted by atomic mass is 35.5. The molecule has 0 radical (unpaired) electrons. The van der Waals surface area contributed by atoms with Crippen molar-refractivity contribution in [1.82, 2.24) is 9.97 Å². The van der Waals surface area contributed by atoms with Crippen LogP contribution in [0.25, 0.3) is 11.0 Å². The van der Waals surface area contributed by atoms with E-state index in [-0.39, 0.29) is 0 Å². The largest absolute Gasteiger partial charge is 0.497 e. The second-order valence-electron chi connectivity index (χ2n) is 6.00. The monoisotopic (exact) mass is 396 g/mol. The van der Waals surface area contributed by atoms with E-state index in [1.165, 1.54) is 0 Å². The van der Waals surface area contributed by atoms with Crippen molar-refractivity contribution in [3.8, 4) is 5.75 Å². The summed E-state index contributed by atoms with van der Waals surface area (Å²) in [4.78, 5) is 9.67. The Morgan fingerprint density at radius 2 is 1.81 bits per heavy atom. The van der Waals surface area contributed by atoms with Crippen molar-refractivity contribution in [3.05, 3.63) is 83.1 Å². The number of aromatic nitrogens is 2. The van der Waals surface area contributed by atoms with E-state index in [9.17, 15) is 5.11 Å². The molecule has 0 aliphatic heterocycles. The molecular formula is C21H17ClN2O2S. The molecule has 4 nitrogen and oxygen atoms in total. The third-order valence-corrected chi connectivity index (χ3v) is 5.69. The lowest BCUT2D eigenvalue weighted by Gasteiger charge is -2.13. The van der Waals surface area contributed by atoms with Crippen LogP contribution in [0.2, 0.25) is 5.02 Å². The van der Waals surface area contributed by atoms with Gasteiger partial charge in [0.25, 0.3) is 0 Å². The predicted molar refractivity (Wildman–Crippen MR) is 109 cm³/mol. The number of methoxy groups -OCH3 is 1. The highest BCUT2D eigenvalue weighted by molar-refractivity contribution is 7.99. The number of aliphatic hydroxyl groups excluding tert-OH is 1. The number of nitrogens with one attached hydrogen (secondary N) is 1. The van der Waals surface area contributed by atoms with Crippen LogP contribution >= 0.6 is 23.4 Å². The normalized spacial score (nSPS) is 12.3. The Morgan fingerprint density at radius 3 is 2.52 bits per heavy atom. The van der Waals surface area contributed by atoms with Gasteiger partial charge in [-0.05, 0) is 54.1 Å². The summed E-state index contributed by atoms with van der Waals surface area (Å²) in [5, 5.41) is 12.7. The Labute approximate surface area is 166 Å². The maximum absolute atomic E-state index is 11.0. The lowest BCUT2D eigenvalue weighted by Crippen LogP contribution is -2.01. The number of pyridine rings is 1. The SMILES string of the molecule is COc1ccc(C(O)c2[nH]c3ncccc3c2Sc2ccc(Cl)cc2)cc1. The van der Waals surface area contributed by atoms with Crippen molar-refractivity contribution in [2.45, 2.75) is 15.9 Å². The first-order valence-corrected chi connectivity index (χ1v) is 9.57. The second kappa shape index (κ2) is 7.64. The van der Waals surface area contributed by atoms with Gasteiger partial charge in [0.1, 0.15) is 17.5 Å². The van der Waals surface area contributed by atoms with Crippen LogP contribution < -0.4 is 4.74 Å². The van der Waals surface area contributed by atoms with Crippen LogP contribution in [0.5, 0.6) is 5.75 Å². The van der Waals surface area contributed by atoms with Gasteiger partial charge in [-0.3, -0.25) is 0 Å². The van der Waals surface area contributed by atoms with E-state index in [0.717, 1.165) is 32.1 Å². The maximum atomic E-state index is 11.0. The van der Waals surface area contributed by atoms with Gasteiger partial charge >= 0.3 is 0 Å². The molecular weight excluding hydrogens is 380 g/mol. The average Bonchev–Trinajstić information content (AvgIpc) is 3.08. The van der Waals surface area contributed by atoms with E-state index in [4.69, 9.17) is 16.3 Å². The first-order chi connectivity index (χ1) is 13.2. The van der Waals surface area contributed by atoms with Crippen LogP contribution in [-0.2, 0) is 0 Å². The topological polar surface area (TPSA) is 58.1 Å². The molecule has 2 aromatic carbocycles. The zero-order chi connectivity index (χ0) is 18.8. The molecule has 0 saturated heterocycles. The van der Waals surface area contributed by atoms with Crippen LogP contribution in [0.15, 0.2) is 76.7 Å². The summed E-state index contributed by atoms with van der Waals surface area (Å²) in [7, 11) is 1.62. The van der Waals surface area contributed by atoms with Gasteiger partial charge in [0.15, 0.2) is 0 Å². The van der Waals surface area contributed by atoms with Gasteiger partial charge in [0.2, 0.25) is 0 Å². The number of fused-ring (bicyclic) bond motifs is 1. The zero-order valence-electron chi connectivity index (χ0n) is 14.5. The number of nitrogens with zero attached hydrogens (tertiary/aromatic N) is 1. The third kappa shape index (κ3) is 3.67. The number of benzene rings is 2. The van der Waals surface area contributed by atoms with Crippen LogP contribution in [0.1, 0.15) is 17.4 Å². The molecule has 2 N–H and O–H groups in total. The number of H-pyrrole nitrogens is 1. The quantitative estimate of drug-likeness (QED) is 0.470. The van der Waals surface area contributed by atoms with E-state index in [1.54, 1.807) is 25.1 Å². The van der Waals surface area contributed by atoms with Gasteiger partial charge in [-0.25, -0.2) is 4.98 Å². The van der Waals surface area contributed by atoms with Crippen LogP contribution in [0.3, 0.4) is 0 Å². The van der Waals surface area contributed by atoms with Crippen molar-refractivity contribution in [2.24, 2.45) is 0 Å². The number of rotatable bonds is 5. The molecule has 0 aliphatic rings. The molecule has 4 rings (SSSR count). The average molecular weight is 397 g/mol. The van der Waals surface area contributed by atoms with Crippen molar-refractivity contribution in [1.29, 1.82) is 0 Å². The minimum atomic E-state index is -0.806. The molecule has 27 heavy (non-hydrogen) atoms. The smallest absolute Gasteiger partial charge is 0.138 e. The molecule has 6 heteroatoms. The first kappa shape index (κ1) is 17.9. The molecule has 0 aliphatic carbocycles. The summed E-state index contributed by atoms with van der Waals surface area (Å²) in [6.07, 6.45) is 0.930. The van der Waals surface area contributed by atoms with Gasteiger partial charge in [0, 0.05) is 26.4 Å². The fourth-order valence-electron chi connectivity index (χ4n) is 2.89. The van der Waals surface area contributed by atoms with Crippen molar-refractivity contribution < 1.29 is 9.84 Å². The molecule has 2 heterocycles. The van der Waals surface area contributed by atoms with Gasteiger partial charge in [0.05, 0.1) is 12.8 Å². The summed E-state index contributed by atoms with van der Waals surface area (Å²) in [6, 6.07) is 18.9. The van der Waals surface area contributed by atoms with Gasteiger partial charge in [-0.2, -0.15) is 0 Å². The van der Waals surface area contributed by atoms with E-state index >= 15 is 0 Å². The molecule has 0 amide bonds. The number of aromatic amines is 1. The summed E-state index contributed by atoms with van der Waals surface area (Å²) < 4.78 is 5.20. The van der Waals surface area contributed by atoms with Gasteiger partial charge in [-0.1, -0.05) is 35.5 Å². The second-order valence-corrected chi connectivity index (χ2v) is 7.52. The molecule has 1 atom stereocenters. The lowest BCUT2D eigenvalue weighted by molar-refractivity contribution is 0.213. The molecule has 0 fully saturated rings. The summed E-state index contributed by atoms with van der Waals surface area (Å²) in [5.74, 6) is 0.750. The number of halogens is 1. The summed E-state index contributed by atoms with van der Waals surface area (Å²) >= 11 is 7.57. The molecule has 0 bridgehead atoms. The standard InChI is InChI=1S/C21H17ClN2O2S/c1-26-15-8-4-13(5-9-15)19(25)18-20(17-3-2-12-23-21(17)24-18)27-16-10-6-14(22)7-11-16/h2-12,19,25H,1H3,(H,23,24). The van der Waals surface area contributed by atoms with E-state index in [2.05, 4.69) is 9.97 Å². The van der Waals surface area contributed by atoms with Crippen LogP contribution in [0, 0.1) is 0 Å². The highest BCUT2D eigenvalue weighted by Crippen LogP contribution is 2.40. The highest BCUT2D eigenvalue weighted by Gasteiger charge is 2.21.